The van der Waals surface area contributed by atoms with Crippen molar-refractivity contribution in [2.45, 2.75) is 39.2 Å². The smallest absolute Gasteiger partial charge is 0.161 e. The number of hydrogen-bond acceptors (Lipinski definition) is 4. The lowest BCUT2D eigenvalue weighted by Gasteiger charge is -2.28. The maximum absolute atomic E-state index is 12.5. The quantitative estimate of drug-likeness (QED) is 0.438. The summed E-state index contributed by atoms with van der Waals surface area (Å²) in [6.07, 6.45) is 5.92. The number of hydrogen-bond donors (Lipinski definition) is 0. The van der Waals surface area contributed by atoms with Gasteiger partial charge >= 0.3 is 0 Å². The Balaban J connectivity index is 1.69. The molecule has 0 atom stereocenters. The standard InChI is InChI=1S/C25H31NO3/c1-3-4-8-15-29-24-12-11-21(17-25(24)28-2)16-22-19-26(14-13-23(22)27)18-20-9-6-5-7-10-20/h5-7,9-12,16-17H,3-4,8,13-15,18-19H2,1-2H3/b22-16+. The largest absolute Gasteiger partial charge is 0.493 e. The van der Waals surface area contributed by atoms with Gasteiger partial charge in [0.15, 0.2) is 17.3 Å². The molecule has 0 bridgehead atoms. The number of Topliss-reactive ketones (excluding diaryl/α,β-unsaturated/α-hetero) is 1. The molecule has 0 spiro atoms. The first-order chi connectivity index (χ1) is 14.2. The zero-order valence-corrected chi connectivity index (χ0v) is 17.5. The van der Waals surface area contributed by atoms with Gasteiger partial charge in [0.2, 0.25) is 0 Å². The summed E-state index contributed by atoms with van der Waals surface area (Å²) in [5.41, 5.74) is 3.09. The van der Waals surface area contributed by atoms with Gasteiger partial charge < -0.3 is 9.47 Å². The molecule has 0 radical (unpaired) electrons. The van der Waals surface area contributed by atoms with Gasteiger partial charge in [-0.2, -0.15) is 0 Å². The summed E-state index contributed by atoms with van der Waals surface area (Å²) in [4.78, 5) is 14.8. The fraction of sp³-hybridized carbons (Fsp3) is 0.400. The first kappa shape index (κ1) is 21.1. The van der Waals surface area contributed by atoms with Gasteiger partial charge in [-0.05, 0) is 35.8 Å². The highest BCUT2D eigenvalue weighted by molar-refractivity contribution is 6.00. The predicted octanol–water partition coefficient (Wildman–Crippen LogP) is 5.12. The molecule has 1 aliphatic rings. The fourth-order valence-corrected chi connectivity index (χ4v) is 3.56. The molecule has 2 aromatic carbocycles. The van der Waals surface area contributed by atoms with Crippen molar-refractivity contribution in [2.75, 3.05) is 26.8 Å². The average molecular weight is 394 g/mol. The summed E-state index contributed by atoms with van der Waals surface area (Å²) in [6.45, 7) is 5.21. The van der Waals surface area contributed by atoms with E-state index in [1.807, 2.05) is 30.3 Å². The molecular weight excluding hydrogens is 362 g/mol. The van der Waals surface area contributed by atoms with Gasteiger partial charge in [0.1, 0.15) is 0 Å². The fourth-order valence-electron chi connectivity index (χ4n) is 3.56. The first-order valence-corrected chi connectivity index (χ1v) is 10.5. The maximum atomic E-state index is 12.5. The minimum Gasteiger partial charge on any atom is -0.493 e. The molecule has 1 heterocycles. The van der Waals surface area contributed by atoms with E-state index in [-0.39, 0.29) is 5.78 Å². The lowest BCUT2D eigenvalue weighted by Crippen LogP contribution is -2.35. The van der Waals surface area contributed by atoms with Gasteiger partial charge in [0.05, 0.1) is 13.7 Å². The molecule has 0 aromatic heterocycles. The lowest BCUT2D eigenvalue weighted by molar-refractivity contribution is -0.117. The number of unbranched alkanes of at least 4 members (excludes halogenated alkanes) is 2. The molecule has 0 aliphatic carbocycles. The van der Waals surface area contributed by atoms with E-state index in [1.54, 1.807) is 7.11 Å². The molecule has 4 nitrogen and oxygen atoms in total. The second-order valence-electron chi connectivity index (χ2n) is 7.50. The Labute approximate surface area is 174 Å². The number of likely N-dealkylation sites (tertiary alicyclic amines) is 1. The van der Waals surface area contributed by atoms with E-state index in [9.17, 15) is 4.79 Å². The maximum Gasteiger partial charge on any atom is 0.161 e. The highest BCUT2D eigenvalue weighted by Gasteiger charge is 2.21. The van der Waals surface area contributed by atoms with Crippen LogP contribution in [0.5, 0.6) is 11.5 Å². The van der Waals surface area contributed by atoms with Gasteiger partial charge in [0, 0.05) is 31.6 Å². The average Bonchev–Trinajstić information content (AvgIpc) is 2.75. The van der Waals surface area contributed by atoms with E-state index in [1.165, 1.54) is 12.0 Å². The summed E-state index contributed by atoms with van der Waals surface area (Å²) in [5, 5.41) is 0. The molecule has 154 valence electrons. The number of nitrogens with zero attached hydrogens (tertiary/aromatic N) is 1. The second-order valence-corrected chi connectivity index (χ2v) is 7.50. The first-order valence-electron chi connectivity index (χ1n) is 10.5. The third-order valence-corrected chi connectivity index (χ3v) is 5.19. The second kappa shape index (κ2) is 10.8. The Morgan fingerprint density at radius 1 is 1.07 bits per heavy atom. The van der Waals surface area contributed by atoms with Crippen LogP contribution in [-0.4, -0.2) is 37.5 Å². The molecule has 2 aromatic rings. The molecule has 0 amide bonds. The van der Waals surface area contributed by atoms with Gasteiger partial charge in [0.25, 0.3) is 0 Å². The van der Waals surface area contributed by atoms with Crippen molar-refractivity contribution in [2.24, 2.45) is 0 Å². The monoisotopic (exact) mass is 393 g/mol. The van der Waals surface area contributed by atoms with Crippen molar-refractivity contribution in [3.8, 4) is 11.5 Å². The lowest BCUT2D eigenvalue weighted by atomic mass is 9.99. The van der Waals surface area contributed by atoms with Crippen LogP contribution >= 0.6 is 0 Å². The number of carbonyl (C=O) groups excluding carboxylic acids is 1. The molecule has 3 rings (SSSR count). The zero-order valence-electron chi connectivity index (χ0n) is 17.5. The highest BCUT2D eigenvalue weighted by Crippen LogP contribution is 2.30. The van der Waals surface area contributed by atoms with E-state index in [2.05, 4.69) is 36.1 Å². The summed E-state index contributed by atoms with van der Waals surface area (Å²) < 4.78 is 11.4. The third-order valence-electron chi connectivity index (χ3n) is 5.19. The topological polar surface area (TPSA) is 38.8 Å². The van der Waals surface area contributed by atoms with E-state index in [0.29, 0.717) is 25.3 Å². The van der Waals surface area contributed by atoms with Crippen LogP contribution in [0.2, 0.25) is 0 Å². The molecule has 0 saturated carbocycles. The summed E-state index contributed by atoms with van der Waals surface area (Å²) in [7, 11) is 1.65. The van der Waals surface area contributed by atoms with E-state index in [4.69, 9.17) is 9.47 Å². The van der Waals surface area contributed by atoms with Gasteiger partial charge in [-0.25, -0.2) is 0 Å². The third kappa shape index (κ3) is 6.20. The van der Waals surface area contributed by atoms with Gasteiger partial charge in [-0.15, -0.1) is 0 Å². The Morgan fingerprint density at radius 2 is 1.90 bits per heavy atom. The summed E-state index contributed by atoms with van der Waals surface area (Å²) in [5.74, 6) is 1.69. The van der Waals surface area contributed by atoms with E-state index in [0.717, 1.165) is 42.8 Å². The van der Waals surface area contributed by atoms with Crippen LogP contribution in [0, 0.1) is 0 Å². The van der Waals surface area contributed by atoms with Crippen LogP contribution in [0.15, 0.2) is 54.1 Å². The highest BCUT2D eigenvalue weighted by atomic mass is 16.5. The summed E-state index contributed by atoms with van der Waals surface area (Å²) in [6, 6.07) is 16.3. The van der Waals surface area contributed by atoms with Crippen molar-refractivity contribution < 1.29 is 14.3 Å². The molecule has 1 fully saturated rings. The van der Waals surface area contributed by atoms with Crippen LogP contribution in [-0.2, 0) is 11.3 Å². The van der Waals surface area contributed by atoms with Crippen LogP contribution in [0.25, 0.3) is 6.08 Å². The summed E-state index contributed by atoms with van der Waals surface area (Å²) >= 11 is 0. The molecule has 0 unspecified atom stereocenters. The minimum atomic E-state index is 0.230. The van der Waals surface area contributed by atoms with Crippen molar-refractivity contribution in [3.05, 3.63) is 65.2 Å². The molecular formula is C25H31NO3. The SMILES string of the molecule is CCCCCOc1ccc(/C=C2\CN(Cc3ccccc3)CCC2=O)cc1OC. The molecule has 0 N–H and O–H groups in total. The number of rotatable bonds is 9. The Hall–Kier alpha value is -2.59. The van der Waals surface area contributed by atoms with Gasteiger partial charge in [-0.1, -0.05) is 56.2 Å². The number of carbonyl (C=O) groups is 1. The Morgan fingerprint density at radius 3 is 2.66 bits per heavy atom. The van der Waals surface area contributed by atoms with E-state index >= 15 is 0 Å². The van der Waals surface area contributed by atoms with Crippen molar-refractivity contribution in [3.63, 3.8) is 0 Å². The number of ether oxygens (including phenoxy) is 2. The molecule has 4 heteroatoms. The number of benzene rings is 2. The normalized spacial score (nSPS) is 16.2. The van der Waals surface area contributed by atoms with Gasteiger partial charge in [-0.3, -0.25) is 9.69 Å². The predicted molar refractivity (Wildman–Crippen MR) is 117 cm³/mol. The van der Waals surface area contributed by atoms with Crippen LogP contribution < -0.4 is 9.47 Å². The van der Waals surface area contributed by atoms with Crippen LogP contribution in [0.3, 0.4) is 0 Å². The molecule has 1 aliphatic heterocycles. The van der Waals surface area contributed by atoms with E-state index < -0.39 is 0 Å². The van der Waals surface area contributed by atoms with Crippen molar-refractivity contribution >= 4 is 11.9 Å². The number of ketones is 1. The van der Waals surface area contributed by atoms with Crippen LogP contribution in [0.1, 0.15) is 43.7 Å². The Kier molecular flexibility index (Phi) is 7.88. The number of methoxy groups -OCH3 is 1. The van der Waals surface area contributed by atoms with Crippen molar-refractivity contribution in [1.82, 2.24) is 4.90 Å². The zero-order chi connectivity index (χ0) is 20.5. The molecule has 1 saturated heterocycles. The van der Waals surface area contributed by atoms with Crippen LogP contribution in [0.4, 0.5) is 0 Å². The number of piperidine rings is 1. The molecule has 29 heavy (non-hydrogen) atoms. The van der Waals surface area contributed by atoms with Crippen molar-refractivity contribution in [1.29, 1.82) is 0 Å². The Bertz CT molecular complexity index is 829. The minimum absolute atomic E-state index is 0.230.